The summed E-state index contributed by atoms with van der Waals surface area (Å²) >= 11 is 0. The summed E-state index contributed by atoms with van der Waals surface area (Å²) < 4.78 is 10.8. The molecule has 2 heterocycles. The molecule has 0 amide bonds. The summed E-state index contributed by atoms with van der Waals surface area (Å²) in [6.07, 6.45) is 2.74. The van der Waals surface area contributed by atoms with Gasteiger partial charge in [-0.1, -0.05) is 6.07 Å². The molecule has 1 aliphatic carbocycles. The van der Waals surface area contributed by atoms with Crippen molar-refractivity contribution < 1.29 is 19.4 Å². The second-order valence-electron chi connectivity index (χ2n) is 8.72. The van der Waals surface area contributed by atoms with E-state index in [2.05, 4.69) is 33.3 Å². The molecule has 0 spiro atoms. The molecule has 7 nitrogen and oxygen atoms in total. The monoisotopic (exact) mass is 421 g/mol. The van der Waals surface area contributed by atoms with Crippen LogP contribution in [0.5, 0.6) is 5.75 Å². The van der Waals surface area contributed by atoms with E-state index in [0.29, 0.717) is 23.1 Å². The Balaban J connectivity index is 1.20. The molecule has 1 aliphatic heterocycles. The van der Waals surface area contributed by atoms with Crippen molar-refractivity contribution in [3.63, 3.8) is 0 Å². The van der Waals surface area contributed by atoms with Gasteiger partial charge < -0.3 is 14.6 Å². The van der Waals surface area contributed by atoms with Gasteiger partial charge in [0.2, 0.25) is 0 Å². The molecule has 0 unspecified atom stereocenters. The standard InChI is InChI=1S/C24H27N3O4/c1-30-24(29)16-3-5-20(6-4-16)31-23-10-19-14-27(13-18(19)9-22(23)28)12-15-2-7-21-17(8-15)11-25-26-21/h2-8,11,18-19,22-23,28H,9-10,12-14H2,1H3,(H,25,26)/t18-,19+,22+,23+/m0/s1. The van der Waals surface area contributed by atoms with Crippen LogP contribution in [0.4, 0.5) is 0 Å². The van der Waals surface area contributed by atoms with Gasteiger partial charge in [0.15, 0.2) is 0 Å². The van der Waals surface area contributed by atoms with Gasteiger partial charge in [0.1, 0.15) is 11.9 Å². The van der Waals surface area contributed by atoms with E-state index in [0.717, 1.165) is 43.4 Å². The molecule has 1 saturated heterocycles. The molecular formula is C24H27N3O4. The first kappa shape index (κ1) is 20.0. The van der Waals surface area contributed by atoms with Crippen molar-refractivity contribution in [2.45, 2.75) is 31.6 Å². The number of nitrogens with one attached hydrogen (secondary N) is 1. The molecular weight excluding hydrogens is 394 g/mol. The number of ether oxygens (including phenoxy) is 2. The van der Waals surface area contributed by atoms with Crippen molar-refractivity contribution in [1.82, 2.24) is 15.1 Å². The van der Waals surface area contributed by atoms with Crippen LogP contribution in [0.1, 0.15) is 28.8 Å². The van der Waals surface area contributed by atoms with E-state index in [9.17, 15) is 9.90 Å². The lowest BCUT2D eigenvalue weighted by molar-refractivity contribution is -0.0231. The van der Waals surface area contributed by atoms with E-state index in [1.54, 1.807) is 24.3 Å². The lowest BCUT2D eigenvalue weighted by atomic mass is 9.78. The minimum Gasteiger partial charge on any atom is -0.488 e. The van der Waals surface area contributed by atoms with Crippen LogP contribution < -0.4 is 4.74 Å². The zero-order valence-electron chi connectivity index (χ0n) is 17.5. The van der Waals surface area contributed by atoms with Crippen molar-refractivity contribution >= 4 is 16.9 Å². The van der Waals surface area contributed by atoms with Crippen molar-refractivity contribution in [2.75, 3.05) is 20.2 Å². The number of aliphatic hydroxyl groups excluding tert-OH is 1. The first-order valence-electron chi connectivity index (χ1n) is 10.8. The Morgan fingerprint density at radius 2 is 1.94 bits per heavy atom. The van der Waals surface area contributed by atoms with Crippen molar-refractivity contribution in [3.8, 4) is 5.75 Å². The average molecular weight is 421 g/mol. The number of aromatic nitrogens is 2. The number of benzene rings is 2. The average Bonchev–Trinajstić information content (AvgIpc) is 3.39. The molecule has 162 valence electrons. The fraction of sp³-hybridized carbons (Fsp3) is 0.417. The third-order valence-corrected chi connectivity index (χ3v) is 6.63. The fourth-order valence-electron chi connectivity index (χ4n) is 5.05. The highest BCUT2D eigenvalue weighted by Gasteiger charge is 2.42. The number of nitrogens with zero attached hydrogens (tertiary/aromatic N) is 2. The number of hydrogen-bond donors (Lipinski definition) is 2. The number of aliphatic hydroxyl groups is 1. The Hall–Kier alpha value is -2.90. The van der Waals surface area contributed by atoms with Crippen LogP contribution in [0, 0.1) is 11.8 Å². The molecule has 0 radical (unpaired) electrons. The van der Waals surface area contributed by atoms with Gasteiger partial charge in [0, 0.05) is 25.0 Å². The number of likely N-dealkylation sites (tertiary alicyclic amines) is 1. The largest absolute Gasteiger partial charge is 0.488 e. The quantitative estimate of drug-likeness (QED) is 0.616. The number of carbonyl (C=O) groups excluding carboxylic acids is 1. The Morgan fingerprint density at radius 3 is 2.71 bits per heavy atom. The maximum Gasteiger partial charge on any atom is 0.337 e. The maximum atomic E-state index is 11.6. The summed E-state index contributed by atoms with van der Waals surface area (Å²) in [6.45, 7) is 2.93. The first-order chi connectivity index (χ1) is 15.1. The number of hydrogen-bond acceptors (Lipinski definition) is 6. The highest BCUT2D eigenvalue weighted by molar-refractivity contribution is 5.89. The van der Waals surface area contributed by atoms with Crippen LogP contribution in [-0.4, -0.2) is 58.6 Å². The summed E-state index contributed by atoms with van der Waals surface area (Å²) in [5.41, 5.74) is 2.83. The lowest BCUT2D eigenvalue weighted by Crippen LogP contribution is -2.42. The van der Waals surface area contributed by atoms with Gasteiger partial charge >= 0.3 is 5.97 Å². The van der Waals surface area contributed by atoms with E-state index >= 15 is 0 Å². The van der Waals surface area contributed by atoms with Gasteiger partial charge in [-0.2, -0.15) is 5.10 Å². The van der Waals surface area contributed by atoms with Gasteiger partial charge in [-0.15, -0.1) is 0 Å². The molecule has 2 aliphatic rings. The Kier molecular flexibility index (Phi) is 5.38. The van der Waals surface area contributed by atoms with Gasteiger partial charge in [-0.3, -0.25) is 10.00 Å². The molecule has 5 rings (SSSR count). The fourth-order valence-corrected chi connectivity index (χ4v) is 5.05. The van der Waals surface area contributed by atoms with Crippen LogP contribution in [0.3, 0.4) is 0 Å². The SMILES string of the molecule is COC(=O)c1ccc(O[C@@H]2C[C@@H]3CN(Cc4ccc5[nH]ncc5c4)C[C@@H]3C[C@H]2O)cc1. The summed E-state index contributed by atoms with van der Waals surface area (Å²) in [5.74, 6) is 1.30. The van der Waals surface area contributed by atoms with Gasteiger partial charge in [0.25, 0.3) is 0 Å². The highest BCUT2D eigenvalue weighted by atomic mass is 16.5. The summed E-state index contributed by atoms with van der Waals surface area (Å²) in [7, 11) is 1.36. The molecule has 31 heavy (non-hydrogen) atoms. The highest BCUT2D eigenvalue weighted by Crippen LogP contribution is 2.38. The van der Waals surface area contributed by atoms with E-state index in [4.69, 9.17) is 9.47 Å². The predicted octanol–water partition coefficient (Wildman–Crippen LogP) is 3.00. The normalized spacial score (nSPS) is 26.0. The third kappa shape index (κ3) is 4.16. The number of carbonyl (C=O) groups is 1. The minimum atomic E-state index is -0.483. The number of methoxy groups -OCH3 is 1. The molecule has 2 N–H and O–H groups in total. The summed E-state index contributed by atoms with van der Waals surface area (Å²) in [4.78, 5) is 14.1. The van der Waals surface area contributed by atoms with Crippen LogP contribution in [0.2, 0.25) is 0 Å². The Morgan fingerprint density at radius 1 is 1.16 bits per heavy atom. The molecule has 3 aromatic rings. The number of esters is 1. The van der Waals surface area contributed by atoms with Gasteiger partial charge in [0.05, 0.1) is 30.5 Å². The van der Waals surface area contributed by atoms with E-state index < -0.39 is 6.10 Å². The molecule has 0 bridgehead atoms. The predicted molar refractivity (Wildman–Crippen MR) is 116 cm³/mol. The molecule has 2 fully saturated rings. The summed E-state index contributed by atoms with van der Waals surface area (Å²) in [6, 6.07) is 13.3. The first-order valence-corrected chi connectivity index (χ1v) is 10.8. The maximum absolute atomic E-state index is 11.6. The number of fused-ring (bicyclic) bond motifs is 2. The van der Waals surface area contributed by atoms with Crippen LogP contribution in [-0.2, 0) is 11.3 Å². The smallest absolute Gasteiger partial charge is 0.337 e. The van der Waals surface area contributed by atoms with Crippen LogP contribution >= 0.6 is 0 Å². The second kappa shape index (κ2) is 8.32. The van der Waals surface area contributed by atoms with Crippen molar-refractivity contribution in [3.05, 3.63) is 59.8 Å². The van der Waals surface area contributed by atoms with Crippen LogP contribution in [0.15, 0.2) is 48.7 Å². The molecule has 1 aromatic heterocycles. The van der Waals surface area contributed by atoms with E-state index in [-0.39, 0.29) is 12.1 Å². The number of H-pyrrole nitrogens is 1. The number of rotatable bonds is 5. The number of aromatic amines is 1. The van der Waals surface area contributed by atoms with Crippen molar-refractivity contribution in [1.29, 1.82) is 0 Å². The van der Waals surface area contributed by atoms with Crippen molar-refractivity contribution in [2.24, 2.45) is 11.8 Å². The van der Waals surface area contributed by atoms with Gasteiger partial charge in [-0.05, 0) is 66.6 Å². The lowest BCUT2D eigenvalue weighted by Gasteiger charge is -2.35. The Bertz CT molecular complexity index is 1060. The second-order valence-corrected chi connectivity index (χ2v) is 8.72. The van der Waals surface area contributed by atoms with Crippen LogP contribution in [0.25, 0.3) is 10.9 Å². The molecule has 2 aromatic carbocycles. The minimum absolute atomic E-state index is 0.229. The zero-order valence-corrected chi connectivity index (χ0v) is 17.5. The van der Waals surface area contributed by atoms with E-state index in [1.165, 1.54) is 12.7 Å². The Labute approximate surface area is 181 Å². The van der Waals surface area contributed by atoms with E-state index in [1.807, 2.05) is 6.20 Å². The summed E-state index contributed by atoms with van der Waals surface area (Å²) in [5, 5.41) is 18.9. The third-order valence-electron chi connectivity index (χ3n) is 6.63. The molecule has 7 heteroatoms. The molecule has 4 atom stereocenters. The topological polar surface area (TPSA) is 87.7 Å². The van der Waals surface area contributed by atoms with Gasteiger partial charge in [-0.25, -0.2) is 4.79 Å². The zero-order chi connectivity index (χ0) is 21.4. The molecule has 1 saturated carbocycles.